The third kappa shape index (κ3) is 18.4. The summed E-state index contributed by atoms with van der Waals surface area (Å²) in [4.78, 5) is 9.21. The van der Waals surface area contributed by atoms with Crippen molar-refractivity contribution in [2.75, 3.05) is 12.8 Å². The van der Waals surface area contributed by atoms with E-state index >= 15 is 0 Å². The first-order valence-corrected chi connectivity index (χ1v) is 10.6. The van der Waals surface area contributed by atoms with Gasteiger partial charge in [0, 0.05) is 8.15 Å². The standard InChI is InChI=1S/C17H37OP/c1-3-4-5-6-7-8-9-10-11-12-13-14-15-16-17-19(2)18/h18H,3-17H2,1-2H3. The van der Waals surface area contributed by atoms with Gasteiger partial charge in [-0.25, -0.2) is 0 Å². The molecule has 0 fully saturated rings. The largest absolute Gasteiger partial charge is 0.374 e. The van der Waals surface area contributed by atoms with Gasteiger partial charge in [-0.15, -0.1) is 0 Å². The molecule has 0 heterocycles. The fourth-order valence-electron chi connectivity index (χ4n) is 2.54. The van der Waals surface area contributed by atoms with Crippen molar-refractivity contribution in [3.63, 3.8) is 0 Å². The summed E-state index contributed by atoms with van der Waals surface area (Å²) in [6, 6.07) is 0. The van der Waals surface area contributed by atoms with Gasteiger partial charge in [-0.3, -0.25) is 0 Å². The zero-order valence-corrected chi connectivity index (χ0v) is 14.4. The molecule has 0 saturated heterocycles. The first-order chi connectivity index (χ1) is 9.27. The summed E-state index contributed by atoms with van der Waals surface area (Å²) < 4.78 is 0. The zero-order chi connectivity index (χ0) is 14.2. The molecule has 0 aliphatic carbocycles. The smallest absolute Gasteiger partial charge is 0.0219 e. The van der Waals surface area contributed by atoms with Crippen LogP contribution in [0.4, 0.5) is 0 Å². The van der Waals surface area contributed by atoms with E-state index in [2.05, 4.69) is 6.92 Å². The Hall–Kier alpha value is 0.390. The molecule has 1 nitrogen and oxygen atoms in total. The second-order valence-electron chi connectivity index (χ2n) is 5.98. The third-order valence-corrected chi connectivity index (χ3v) is 4.80. The minimum atomic E-state index is -0.641. The van der Waals surface area contributed by atoms with Gasteiger partial charge in [-0.05, 0) is 19.2 Å². The minimum absolute atomic E-state index is 0.641. The first-order valence-electron chi connectivity index (χ1n) is 8.67. The molecule has 0 radical (unpaired) electrons. The van der Waals surface area contributed by atoms with Gasteiger partial charge in [0.15, 0.2) is 0 Å². The maximum absolute atomic E-state index is 9.21. The molecule has 1 unspecified atom stereocenters. The molecule has 0 saturated carbocycles. The minimum Gasteiger partial charge on any atom is -0.374 e. The average Bonchev–Trinajstić information content (AvgIpc) is 2.39. The summed E-state index contributed by atoms with van der Waals surface area (Å²) in [5.41, 5.74) is 0. The summed E-state index contributed by atoms with van der Waals surface area (Å²) in [5, 5.41) is 0. The number of rotatable bonds is 15. The molecule has 0 aromatic carbocycles. The normalized spacial score (nSPS) is 12.8. The van der Waals surface area contributed by atoms with E-state index in [9.17, 15) is 4.89 Å². The van der Waals surface area contributed by atoms with Gasteiger partial charge in [0.25, 0.3) is 0 Å². The highest BCUT2D eigenvalue weighted by Gasteiger charge is 1.96. The molecule has 116 valence electrons. The van der Waals surface area contributed by atoms with Crippen LogP contribution in [0.3, 0.4) is 0 Å². The van der Waals surface area contributed by atoms with Crippen LogP contribution < -0.4 is 0 Å². The monoisotopic (exact) mass is 288 g/mol. The number of unbranched alkanes of at least 4 members (excludes halogenated alkanes) is 13. The molecule has 0 amide bonds. The molecule has 0 aromatic heterocycles. The predicted molar refractivity (Wildman–Crippen MR) is 90.2 cm³/mol. The quantitative estimate of drug-likeness (QED) is 0.270. The van der Waals surface area contributed by atoms with Crippen molar-refractivity contribution in [2.24, 2.45) is 0 Å². The average molecular weight is 288 g/mol. The Bertz CT molecular complexity index is 159. The van der Waals surface area contributed by atoms with E-state index in [0.717, 1.165) is 6.16 Å². The highest BCUT2D eigenvalue weighted by atomic mass is 31.1. The topological polar surface area (TPSA) is 20.2 Å². The van der Waals surface area contributed by atoms with E-state index in [-0.39, 0.29) is 0 Å². The van der Waals surface area contributed by atoms with Gasteiger partial charge in [0.1, 0.15) is 0 Å². The summed E-state index contributed by atoms with van der Waals surface area (Å²) in [5.74, 6) is 0. The van der Waals surface area contributed by atoms with Crippen molar-refractivity contribution >= 4 is 8.15 Å². The Morgan fingerprint density at radius 3 is 1.21 bits per heavy atom. The third-order valence-electron chi connectivity index (χ3n) is 3.84. The Labute approximate surface area is 123 Å². The van der Waals surface area contributed by atoms with Gasteiger partial charge in [0.2, 0.25) is 0 Å². The van der Waals surface area contributed by atoms with Crippen molar-refractivity contribution in [1.82, 2.24) is 0 Å². The molecule has 19 heavy (non-hydrogen) atoms. The molecule has 0 aliphatic rings. The van der Waals surface area contributed by atoms with Crippen LogP contribution in [0.2, 0.25) is 0 Å². The maximum Gasteiger partial charge on any atom is 0.0219 e. The van der Waals surface area contributed by atoms with Crippen LogP contribution in [0.25, 0.3) is 0 Å². The number of hydrogen-bond donors (Lipinski definition) is 1. The Morgan fingerprint density at radius 2 is 0.895 bits per heavy atom. The Morgan fingerprint density at radius 1 is 0.579 bits per heavy atom. The molecule has 0 aromatic rings. The van der Waals surface area contributed by atoms with Crippen LogP contribution in [0, 0.1) is 0 Å². The summed E-state index contributed by atoms with van der Waals surface area (Å²) in [7, 11) is -0.641. The van der Waals surface area contributed by atoms with Crippen molar-refractivity contribution in [3.05, 3.63) is 0 Å². The van der Waals surface area contributed by atoms with Crippen LogP contribution in [0.15, 0.2) is 0 Å². The lowest BCUT2D eigenvalue weighted by atomic mass is 10.0. The molecule has 2 heteroatoms. The first kappa shape index (κ1) is 19.4. The molecule has 0 aliphatic heterocycles. The van der Waals surface area contributed by atoms with E-state index in [0.29, 0.717) is 0 Å². The summed E-state index contributed by atoms with van der Waals surface area (Å²) in [6.45, 7) is 4.24. The van der Waals surface area contributed by atoms with Gasteiger partial charge in [-0.1, -0.05) is 90.4 Å². The van der Waals surface area contributed by atoms with E-state index in [1.165, 1.54) is 89.9 Å². The van der Waals surface area contributed by atoms with Gasteiger partial charge >= 0.3 is 0 Å². The van der Waals surface area contributed by atoms with Crippen LogP contribution in [-0.2, 0) is 0 Å². The second kappa shape index (κ2) is 16.4. The summed E-state index contributed by atoms with van der Waals surface area (Å²) in [6.07, 6.45) is 20.8. The summed E-state index contributed by atoms with van der Waals surface area (Å²) >= 11 is 0. The molecule has 0 spiro atoms. The lowest BCUT2D eigenvalue weighted by Gasteiger charge is -2.04. The lowest BCUT2D eigenvalue weighted by Crippen LogP contribution is -1.85. The van der Waals surface area contributed by atoms with Gasteiger partial charge in [-0.2, -0.15) is 0 Å². The van der Waals surface area contributed by atoms with Crippen molar-refractivity contribution < 1.29 is 4.89 Å². The van der Waals surface area contributed by atoms with E-state index in [1.807, 2.05) is 6.66 Å². The highest BCUT2D eigenvalue weighted by Crippen LogP contribution is 2.25. The Balaban J connectivity index is 2.91. The van der Waals surface area contributed by atoms with Crippen molar-refractivity contribution in [3.8, 4) is 0 Å². The molecular weight excluding hydrogens is 251 g/mol. The van der Waals surface area contributed by atoms with Gasteiger partial charge in [0.05, 0.1) is 0 Å². The maximum atomic E-state index is 9.21. The van der Waals surface area contributed by atoms with Crippen molar-refractivity contribution in [2.45, 2.75) is 96.8 Å². The molecule has 1 atom stereocenters. The molecule has 0 bridgehead atoms. The highest BCUT2D eigenvalue weighted by molar-refractivity contribution is 7.50. The fraction of sp³-hybridized carbons (Fsp3) is 1.00. The molecule has 1 N–H and O–H groups in total. The SMILES string of the molecule is CCCCCCCCCCCCCCCCP(C)O. The Kier molecular flexibility index (Phi) is 16.8. The van der Waals surface area contributed by atoms with Crippen LogP contribution in [-0.4, -0.2) is 17.7 Å². The van der Waals surface area contributed by atoms with Crippen molar-refractivity contribution in [1.29, 1.82) is 0 Å². The zero-order valence-electron chi connectivity index (χ0n) is 13.5. The van der Waals surface area contributed by atoms with Crippen LogP contribution in [0.5, 0.6) is 0 Å². The molecular formula is C17H37OP. The predicted octanol–water partition coefficient (Wildman–Crippen LogP) is 6.49. The van der Waals surface area contributed by atoms with E-state index < -0.39 is 8.15 Å². The second-order valence-corrected chi connectivity index (χ2v) is 7.74. The molecule has 0 rings (SSSR count). The number of hydrogen-bond acceptors (Lipinski definition) is 1. The van der Waals surface area contributed by atoms with Crippen LogP contribution >= 0.6 is 8.15 Å². The van der Waals surface area contributed by atoms with Crippen LogP contribution in [0.1, 0.15) is 96.8 Å². The fourth-order valence-corrected chi connectivity index (χ4v) is 3.22. The lowest BCUT2D eigenvalue weighted by molar-refractivity contribution is 0.537. The van der Waals surface area contributed by atoms with E-state index in [1.54, 1.807) is 0 Å². The van der Waals surface area contributed by atoms with Gasteiger partial charge < -0.3 is 4.89 Å². The van der Waals surface area contributed by atoms with E-state index in [4.69, 9.17) is 0 Å².